The van der Waals surface area contributed by atoms with Crippen LogP contribution in [0.1, 0.15) is 47.2 Å². The van der Waals surface area contributed by atoms with E-state index in [4.69, 9.17) is 4.52 Å². The lowest BCUT2D eigenvalue weighted by atomic mass is 9.87. The molecule has 1 saturated heterocycles. The topological polar surface area (TPSA) is 133 Å². The number of urea groups is 1. The number of alkyl halides is 3. The first-order chi connectivity index (χ1) is 20.5. The number of nitrogens with one attached hydrogen (secondary N) is 2. The lowest BCUT2D eigenvalue weighted by Crippen LogP contribution is -2.47. The molecule has 3 amide bonds. The van der Waals surface area contributed by atoms with Crippen LogP contribution in [-0.4, -0.2) is 62.0 Å². The van der Waals surface area contributed by atoms with Crippen molar-refractivity contribution >= 4 is 23.1 Å². The van der Waals surface area contributed by atoms with Crippen LogP contribution in [0, 0.1) is 12.8 Å². The number of aryl methyl sites for hydroxylation is 1. The van der Waals surface area contributed by atoms with E-state index in [1.54, 1.807) is 17.9 Å². The number of carbonyl (C=O) groups excluding carboxylic acids is 2. The Hall–Kier alpha value is -3.78. The molecular weight excluding hydrogens is 587 g/mol. The summed E-state index contributed by atoms with van der Waals surface area (Å²) in [4.78, 5) is 32.0. The molecule has 10 nitrogen and oxygen atoms in total. The van der Waals surface area contributed by atoms with Crippen LogP contribution in [0.15, 0.2) is 40.9 Å². The Morgan fingerprint density at radius 2 is 2.07 bits per heavy atom. The van der Waals surface area contributed by atoms with Gasteiger partial charge >= 0.3 is 12.4 Å². The van der Waals surface area contributed by atoms with Gasteiger partial charge in [0.25, 0.3) is 0 Å². The first kappa shape index (κ1) is 29.3. The molecule has 3 aliphatic rings. The maximum Gasteiger partial charge on any atom is 0.573 e. The molecule has 0 radical (unpaired) electrons. The van der Waals surface area contributed by atoms with Gasteiger partial charge in [-0.15, -0.1) is 13.2 Å². The van der Waals surface area contributed by atoms with Gasteiger partial charge in [0, 0.05) is 26.1 Å². The van der Waals surface area contributed by atoms with E-state index < -0.39 is 17.5 Å². The number of rotatable bonds is 7. The van der Waals surface area contributed by atoms with E-state index in [2.05, 4.69) is 25.5 Å². The summed E-state index contributed by atoms with van der Waals surface area (Å²) in [5.74, 6) is 1.09. The standard InChI is InChI=1S/C29H30F3N5O5S/c1-16-34-27(42-36-16)24-12-23(24)26(38)33-13-18-5-6-21(17-3-2-4-20(11-17)41-29(30,31)32)22-7-9-37(14-25(18)22)28(39)35-19-8-10-43(40)15-19/h2-6,11,19,23-24H,7-10,12-15H2,1H3,(H,33,38)(H,35,39). The second-order valence-corrected chi connectivity index (χ2v) is 12.7. The van der Waals surface area contributed by atoms with Crippen molar-refractivity contribution in [1.82, 2.24) is 25.7 Å². The quantitative estimate of drug-likeness (QED) is 0.384. The van der Waals surface area contributed by atoms with Gasteiger partial charge in [-0.2, -0.15) is 4.98 Å². The predicted octanol–water partition coefficient (Wildman–Crippen LogP) is 3.95. The number of hydrogen-bond acceptors (Lipinski definition) is 7. The monoisotopic (exact) mass is 617 g/mol. The Kier molecular flexibility index (Phi) is 7.98. The summed E-state index contributed by atoms with van der Waals surface area (Å²) in [5.41, 5.74) is 3.82. The van der Waals surface area contributed by atoms with Gasteiger partial charge < -0.3 is 29.3 Å². The zero-order chi connectivity index (χ0) is 30.3. The van der Waals surface area contributed by atoms with Gasteiger partial charge in [0.05, 0.1) is 17.9 Å². The van der Waals surface area contributed by atoms with E-state index in [-0.39, 0.29) is 48.7 Å². The average Bonchev–Trinajstić information content (AvgIpc) is 3.48. The Bertz CT molecular complexity index is 1530. The van der Waals surface area contributed by atoms with Crippen LogP contribution in [0.5, 0.6) is 5.75 Å². The molecule has 228 valence electrons. The number of halogens is 3. The summed E-state index contributed by atoms with van der Waals surface area (Å²) in [6.07, 6.45) is -3.09. The SMILES string of the molecule is Cc1noc(C2CC2C(=O)NCc2ccc(-c3cccc(OC(F)(F)F)c3)c3c2CN(C(=O)NC2CC[S+]([O-])C2)CC3)n1. The summed E-state index contributed by atoms with van der Waals surface area (Å²) in [6, 6.07) is 9.06. The molecule has 14 heteroatoms. The average molecular weight is 618 g/mol. The third-order valence-corrected chi connectivity index (χ3v) is 9.49. The summed E-state index contributed by atoms with van der Waals surface area (Å²) in [6.45, 7) is 2.57. The van der Waals surface area contributed by atoms with Gasteiger partial charge in [-0.25, -0.2) is 4.79 Å². The summed E-state index contributed by atoms with van der Waals surface area (Å²) >= 11 is -0.934. The summed E-state index contributed by atoms with van der Waals surface area (Å²) < 4.78 is 59.8. The van der Waals surface area contributed by atoms with Gasteiger partial charge in [-0.3, -0.25) is 4.79 Å². The molecule has 43 heavy (non-hydrogen) atoms. The third kappa shape index (κ3) is 6.74. The van der Waals surface area contributed by atoms with Crippen LogP contribution < -0.4 is 15.4 Å². The van der Waals surface area contributed by atoms with Gasteiger partial charge in [-0.05, 0) is 59.7 Å². The van der Waals surface area contributed by atoms with E-state index >= 15 is 0 Å². The molecule has 1 aromatic heterocycles. The second kappa shape index (κ2) is 11.7. The lowest BCUT2D eigenvalue weighted by Gasteiger charge is -2.32. The fourth-order valence-corrected chi connectivity index (χ4v) is 7.20. The number of benzene rings is 2. The van der Waals surface area contributed by atoms with Crippen molar-refractivity contribution in [3.8, 4) is 16.9 Å². The first-order valence-corrected chi connectivity index (χ1v) is 15.5. The molecule has 6 rings (SSSR count). The van der Waals surface area contributed by atoms with Crippen molar-refractivity contribution in [2.75, 3.05) is 18.1 Å². The first-order valence-electron chi connectivity index (χ1n) is 14.0. The highest BCUT2D eigenvalue weighted by molar-refractivity contribution is 7.91. The van der Waals surface area contributed by atoms with Gasteiger partial charge in [-0.1, -0.05) is 40.6 Å². The molecule has 3 heterocycles. The minimum Gasteiger partial charge on any atom is -0.616 e. The lowest BCUT2D eigenvalue weighted by molar-refractivity contribution is -0.274. The Morgan fingerprint density at radius 3 is 2.79 bits per heavy atom. The fraction of sp³-hybridized carbons (Fsp3) is 0.448. The normalized spacial score (nSPS) is 23.0. The fourth-order valence-electron chi connectivity index (χ4n) is 5.79. The Morgan fingerprint density at radius 1 is 1.23 bits per heavy atom. The van der Waals surface area contributed by atoms with Crippen LogP contribution in [0.4, 0.5) is 18.0 Å². The highest BCUT2D eigenvalue weighted by atomic mass is 32.2. The molecule has 4 atom stereocenters. The van der Waals surface area contributed by atoms with Crippen LogP contribution in [0.25, 0.3) is 11.1 Å². The maximum atomic E-state index is 13.2. The van der Waals surface area contributed by atoms with Crippen molar-refractivity contribution in [3.63, 3.8) is 0 Å². The zero-order valence-electron chi connectivity index (χ0n) is 23.3. The van der Waals surface area contributed by atoms with Crippen LogP contribution in [0.2, 0.25) is 0 Å². The molecule has 1 aliphatic carbocycles. The van der Waals surface area contributed by atoms with E-state index in [1.165, 1.54) is 18.2 Å². The summed E-state index contributed by atoms with van der Waals surface area (Å²) in [7, 11) is 0. The number of carbonyl (C=O) groups is 2. The number of fused-ring (bicyclic) bond motifs is 1. The highest BCUT2D eigenvalue weighted by Crippen LogP contribution is 2.47. The number of ether oxygens (including phenoxy) is 1. The summed E-state index contributed by atoms with van der Waals surface area (Å²) in [5, 5.41) is 9.77. The minimum atomic E-state index is -4.82. The third-order valence-electron chi connectivity index (χ3n) is 8.02. The molecule has 2 aliphatic heterocycles. The van der Waals surface area contributed by atoms with Gasteiger partial charge in [0.2, 0.25) is 11.8 Å². The molecule has 3 aromatic rings. The molecule has 2 fully saturated rings. The van der Waals surface area contributed by atoms with E-state index in [0.29, 0.717) is 54.6 Å². The van der Waals surface area contributed by atoms with Crippen molar-refractivity contribution in [1.29, 1.82) is 0 Å². The van der Waals surface area contributed by atoms with Crippen molar-refractivity contribution < 1.29 is 36.6 Å². The Labute approximate surface area is 248 Å². The van der Waals surface area contributed by atoms with Gasteiger partial charge in [0.15, 0.2) is 5.82 Å². The molecule has 4 unspecified atom stereocenters. The molecular formula is C29H30F3N5O5S. The smallest absolute Gasteiger partial charge is 0.573 e. The van der Waals surface area contributed by atoms with Crippen molar-refractivity contribution in [3.05, 3.63) is 64.8 Å². The maximum absolute atomic E-state index is 13.2. The van der Waals surface area contributed by atoms with Crippen LogP contribution >= 0.6 is 0 Å². The second-order valence-electron chi connectivity index (χ2n) is 11.1. The molecule has 2 aromatic carbocycles. The zero-order valence-corrected chi connectivity index (χ0v) is 24.1. The van der Waals surface area contributed by atoms with E-state index in [1.807, 2.05) is 12.1 Å². The van der Waals surface area contributed by atoms with Crippen molar-refractivity contribution in [2.45, 2.75) is 57.6 Å². The number of amides is 3. The molecule has 2 N–H and O–H groups in total. The molecule has 1 saturated carbocycles. The molecule has 0 bridgehead atoms. The minimum absolute atomic E-state index is 0.118. The Balaban J connectivity index is 1.23. The number of nitrogens with zero attached hydrogens (tertiary/aromatic N) is 3. The van der Waals surface area contributed by atoms with Crippen molar-refractivity contribution in [2.24, 2.45) is 5.92 Å². The largest absolute Gasteiger partial charge is 0.616 e. The van der Waals surface area contributed by atoms with E-state index in [9.17, 15) is 27.3 Å². The number of aromatic nitrogens is 2. The van der Waals surface area contributed by atoms with Crippen LogP contribution in [0.3, 0.4) is 0 Å². The molecule has 0 spiro atoms. The van der Waals surface area contributed by atoms with Gasteiger partial charge in [0.1, 0.15) is 17.3 Å². The van der Waals surface area contributed by atoms with Crippen LogP contribution in [-0.2, 0) is 35.5 Å². The predicted molar refractivity (Wildman–Crippen MR) is 149 cm³/mol. The number of hydrogen-bond donors (Lipinski definition) is 2. The highest BCUT2D eigenvalue weighted by Gasteiger charge is 2.47. The van der Waals surface area contributed by atoms with E-state index in [0.717, 1.165) is 22.3 Å².